The van der Waals surface area contributed by atoms with Crippen molar-refractivity contribution in [2.45, 2.75) is 26.3 Å². The molecule has 0 atom stereocenters. The van der Waals surface area contributed by atoms with E-state index in [9.17, 15) is 0 Å². The Bertz CT molecular complexity index is 569. The van der Waals surface area contributed by atoms with Crippen LogP contribution in [0.2, 0.25) is 0 Å². The van der Waals surface area contributed by atoms with E-state index in [1.807, 2.05) is 42.8 Å². The highest BCUT2D eigenvalue weighted by Gasteiger charge is 2.09. The number of alkyl halides is 1. The molecule has 0 unspecified atom stereocenters. The van der Waals surface area contributed by atoms with Crippen LogP contribution in [0.5, 0.6) is 5.75 Å². The standard InChI is InChI=1S/C14H16BrClN2O/c1-10-14(9-16)11(2)18(17-10)6-7-19-13-5-3-4-12(15)8-13/h3-5,8H,6-7,9H2,1-2H3. The van der Waals surface area contributed by atoms with Crippen molar-refractivity contribution in [3.63, 3.8) is 0 Å². The van der Waals surface area contributed by atoms with Gasteiger partial charge in [-0.2, -0.15) is 5.10 Å². The zero-order chi connectivity index (χ0) is 13.8. The van der Waals surface area contributed by atoms with E-state index in [2.05, 4.69) is 21.0 Å². The van der Waals surface area contributed by atoms with Crippen LogP contribution < -0.4 is 4.74 Å². The Kier molecular flexibility index (Phi) is 4.88. The van der Waals surface area contributed by atoms with Gasteiger partial charge in [0.1, 0.15) is 12.4 Å². The molecule has 0 bridgehead atoms. The number of aryl methyl sites for hydroxylation is 1. The minimum absolute atomic E-state index is 0.504. The fourth-order valence-corrected chi connectivity index (χ4v) is 2.72. The van der Waals surface area contributed by atoms with Gasteiger partial charge in [0.2, 0.25) is 0 Å². The van der Waals surface area contributed by atoms with Gasteiger partial charge in [-0.1, -0.05) is 22.0 Å². The monoisotopic (exact) mass is 342 g/mol. The Morgan fingerprint density at radius 2 is 2.16 bits per heavy atom. The van der Waals surface area contributed by atoms with Crippen molar-refractivity contribution in [3.8, 4) is 5.75 Å². The SMILES string of the molecule is Cc1nn(CCOc2cccc(Br)c2)c(C)c1CCl. The summed E-state index contributed by atoms with van der Waals surface area (Å²) in [6.07, 6.45) is 0. The highest BCUT2D eigenvalue weighted by molar-refractivity contribution is 9.10. The predicted molar refractivity (Wildman–Crippen MR) is 80.9 cm³/mol. The molecule has 0 aliphatic rings. The van der Waals surface area contributed by atoms with Crippen LogP contribution in [-0.2, 0) is 12.4 Å². The summed E-state index contributed by atoms with van der Waals surface area (Å²) in [5.41, 5.74) is 3.23. The Morgan fingerprint density at radius 3 is 2.79 bits per heavy atom. The molecule has 0 aliphatic carbocycles. The number of hydrogen-bond acceptors (Lipinski definition) is 2. The molecule has 0 aliphatic heterocycles. The summed E-state index contributed by atoms with van der Waals surface area (Å²) >= 11 is 9.33. The maximum atomic E-state index is 5.91. The predicted octanol–water partition coefficient (Wildman–Crippen LogP) is 4.08. The van der Waals surface area contributed by atoms with Gasteiger partial charge < -0.3 is 4.74 Å². The smallest absolute Gasteiger partial charge is 0.120 e. The molecular formula is C14H16BrClN2O. The lowest BCUT2D eigenvalue weighted by atomic mass is 10.2. The van der Waals surface area contributed by atoms with Crippen LogP contribution in [0.1, 0.15) is 17.0 Å². The second-order valence-electron chi connectivity index (χ2n) is 4.31. The first-order chi connectivity index (χ1) is 9.11. The summed E-state index contributed by atoms with van der Waals surface area (Å²) < 4.78 is 8.67. The third-order valence-electron chi connectivity index (χ3n) is 3.03. The normalized spacial score (nSPS) is 10.7. The van der Waals surface area contributed by atoms with Gasteiger partial charge in [-0.05, 0) is 32.0 Å². The van der Waals surface area contributed by atoms with Crippen molar-refractivity contribution < 1.29 is 4.74 Å². The quantitative estimate of drug-likeness (QED) is 0.765. The topological polar surface area (TPSA) is 27.1 Å². The highest BCUT2D eigenvalue weighted by Crippen LogP contribution is 2.18. The zero-order valence-corrected chi connectivity index (χ0v) is 13.3. The van der Waals surface area contributed by atoms with Gasteiger partial charge in [0.15, 0.2) is 0 Å². The molecule has 0 fully saturated rings. The van der Waals surface area contributed by atoms with Crippen molar-refractivity contribution in [3.05, 3.63) is 45.7 Å². The van der Waals surface area contributed by atoms with E-state index in [1.165, 1.54) is 0 Å². The van der Waals surface area contributed by atoms with E-state index >= 15 is 0 Å². The summed E-state index contributed by atoms with van der Waals surface area (Å²) in [6.45, 7) is 5.32. The van der Waals surface area contributed by atoms with Crippen LogP contribution >= 0.6 is 27.5 Å². The minimum Gasteiger partial charge on any atom is -0.492 e. The molecule has 3 nitrogen and oxygen atoms in total. The number of ether oxygens (including phenoxy) is 1. The molecule has 1 aromatic carbocycles. The van der Waals surface area contributed by atoms with Crippen molar-refractivity contribution in [2.24, 2.45) is 0 Å². The molecule has 19 heavy (non-hydrogen) atoms. The Hall–Kier alpha value is -1.000. The van der Waals surface area contributed by atoms with Crippen molar-refractivity contribution in [1.82, 2.24) is 9.78 Å². The summed E-state index contributed by atoms with van der Waals surface area (Å²) in [7, 11) is 0. The van der Waals surface area contributed by atoms with Crippen molar-refractivity contribution in [2.75, 3.05) is 6.61 Å². The maximum absolute atomic E-state index is 5.91. The molecule has 2 aromatic rings. The first-order valence-corrected chi connectivity index (χ1v) is 7.41. The lowest BCUT2D eigenvalue weighted by Gasteiger charge is -2.08. The minimum atomic E-state index is 0.504. The third kappa shape index (κ3) is 3.51. The van der Waals surface area contributed by atoms with Crippen LogP contribution in [0.25, 0.3) is 0 Å². The maximum Gasteiger partial charge on any atom is 0.120 e. The summed E-state index contributed by atoms with van der Waals surface area (Å²) in [4.78, 5) is 0. The highest BCUT2D eigenvalue weighted by atomic mass is 79.9. The molecule has 0 saturated carbocycles. The van der Waals surface area contributed by atoms with Gasteiger partial charge in [0.25, 0.3) is 0 Å². The first-order valence-electron chi connectivity index (χ1n) is 6.09. The molecule has 0 radical (unpaired) electrons. The molecule has 102 valence electrons. The fraction of sp³-hybridized carbons (Fsp3) is 0.357. The fourth-order valence-electron chi connectivity index (χ4n) is 1.95. The van der Waals surface area contributed by atoms with E-state index in [-0.39, 0.29) is 0 Å². The Morgan fingerprint density at radius 1 is 1.37 bits per heavy atom. The van der Waals surface area contributed by atoms with E-state index in [4.69, 9.17) is 16.3 Å². The van der Waals surface area contributed by atoms with Gasteiger partial charge in [0, 0.05) is 15.7 Å². The van der Waals surface area contributed by atoms with Crippen LogP contribution in [0.3, 0.4) is 0 Å². The van der Waals surface area contributed by atoms with Gasteiger partial charge in [0.05, 0.1) is 18.1 Å². The van der Waals surface area contributed by atoms with Gasteiger partial charge >= 0.3 is 0 Å². The molecule has 1 heterocycles. The third-order valence-corrected chi connectivity index (χ3v) is 3.79. The van der Waals surface area contributed by atoms with Crippen LogP contribution in [0, 0.1) is 13.8 Å². The van der Waals surface area contributed by atoms with E-state index in [0.717, 1.165) is 33.7 Å². The van der Waals surface area contributed by atoms with Crippen LogP contribution in [0.4, 0.5) is 0 Å². The van der Waals surface area contributed by atoms with Gasteiger partial charge in [-0.15, -0.1) is 11.6 Å². The molecule has 1 aromatic heterocycles. The van der Waals surface area contributed by atoms with Crippen molar-refractivity contribution in [1.29, 1.82) is 0 Å². The van der Waals surface area contributed by atoms with Crippen molar-refractivity contribution >= 4 is 27.5 Å². The molecule has 0 N–H and O–H groups in total. The van der Waals surface area contributed by atoms with E-state index in [1.54, 1.807) is 0 Å². The van der Waals surface area contributed by atoms with Gasteiger partial charge in [-0.25, -0.2) is 0 Å². The second-order valence-corrected chi connectivity index (χ2v) is 5.49. The summed E-state index contributed by atoms with van der Waals surface area (Å²) in [6, 6.07) is 7.82. The Labute approximate surface area is 126 Å². The molecular weight excluding hydrogens is 328 g/mol. The molecule has 0 amide bonds. The number of benzene rings is 1. The summed E-state index contributed by atoms with van der Waals surface area (Å²) in [5, 5.41) is 4.47. The average Bonchev–Trinajstić information content (AvgIpc) is 2.64. The largest absolute Gasteiger partial charge is 0.492 e. The number of halogens is 2. The molecule has 0 saturated heterocycles. The van der Waals surface area contributed by atoms with Gasteiger partial charge in [-0.3, -0.25) is 4.68 Å². The lowest BCUT2D eigenvalue weighted by molar-refractivity contribution is 0.289. The van der Waals surface area contributed by atoms with Crippen LogP contribution in [0.15, 0.2) is 28.7 Å². The number of hydrogen-bond donors (Lipinski definition) is 0. The molecule has 5 heteroatoms. The van der Waals surface area contributed by atoms with E-state index in [0.29, 0.717) is 12.5 Å². The van der Waals surface area contributed by atoms with E-state index < -0.39 is 0 Å². The Balaban J connectivity index is 1.96. The molecule has 2 rings (SSSR count). The van der Waals surface area contributed by atoms with Crippen LogP contribution in [-0.4, -0.2) is 16.4 Å². The second kappa shape index (κ2) is 6.44. The average molecular weight is 344 g/mol. The summed E-state index contributed by atoms with van der Waals surface area (Å²) in [5.74, 6) is 1.36. The number of rotatable bonds is 5. The molecule has 0 spiro atoms. The number of aromatic nitrogens is 2. The lowest BCUT2D eigenvalue weighted by Crippen LogP contribution is -2.11. The zero-order valence-electron chi connectivity index (χ0n) is 11.0. The number of nitrogens with zero attached hydrogens (tertiary/aromatic N) is 2. The first kappa shape index (κ1) is 14.4.